The Morgan fingerprint density at radius 3 is 2.42 bits per heavy atom. The fourth-order valence-corrected chi connectivity index (χ4v) is 5.30. The molecule has 1 aromatic heterocycles. The highest BCUT2D eigenvalue weighted by molar-refractivity contribution is 5.08. The summed E-state index contributed by atoms with van der Waals surface area (Å²) in [7, 11) is 0. The summed E-state index contributed by atoms with van der Waals surface area (Å²) in [6, 6.07) is 0.708. The average Bonchev–Trinajstić information content (AvgIpc) is 2.83. The Bertz CT molecular complexity index is 423. The summed E-state index contributed by atoms with van der Waals surface area (Å²) in [4.78, 5) is 0. The zero-order chi connectivity index (χ0) is 12.8. The molecule has 0 saturated heterocycles. The van der Waals surface area contributed by atoms with E-state index in [1.165, 1.54) is 37.7 Å². The summed E-state index contributed by atoms with van der Waals surface area (Å²) in [6.07, 6.45) is 13.9. The highest BCUT2D eigenvalue weighted by atomic mass is 15.3. The van der Waals surface area contributed by atoms with E-state index in [0.29, 0.717) is 6.04 Å². The van der Waals surface area contributed by atoms with Crippen LogP contribution in [-0.2, 0) is 6.42 Å². The van der Waals surface area contributed by atoms with Gasteiger partial charge in [-0.05, 0) is 80.7 Å². The number of aryl methyl sites for hydroxylation is 1. The SMILES string of the molecule is NCCCc1cnn(C2C3CC4CC(C3)CC2C4)c1. The van der Waals surface area contributed by atoms with E-state index in [-0.39, 0.29) is 0 Å². The molecule has 4 bridgehead atoms. The number of nitrogens with zero attached hydrogens (tertiary/aromatic N) is 2. The predicted octanol–water partition coefficient (Wildman–Crippen LogP) is 2.77. The first-order chi connectivity index (χ1) is 9.33. The molecule has 0 atom stereocenters. The maximum atomic E-state index is 5.59. The van der Waals surface area contributed by atoms with Crippen molar-refractivity contribution >= 4 is 0 Å². The third-order valence-electron chi connectivity index (χ3n) is 5.81. The van der Waals surface area contributed by atoms with E-state index in [4.69, 9.17) is 10.8 Å². The van der Waals surface area contributed by atoms with Gasteiger partial charge in [0.2, 0.25) is 0 Å². The Morgan fingerprint density at radius 1 is 1.11 bits per heavy atom. The van der Waals surface area contributed by atoms with Crippen LogP contribution in [0, 0.1) is 23.7 Å². The third kappa shape index (κ3) is 2.03. The Balaban J connectivity index is 1.54. The molecule has 1 heterocycles. The van der Waals surface area contributed by atoms with Gasteiger partial charge in [-0.2, -0.15) is 5.10 Å². The van der Waals surface area contributed by atoms with E-state index in [0.717, 1.165) is 43.1 Å². The molecule has 0 radical (unpaired) electrons. The zero-order valence-corrected chi connectivity index (χ0v) is 11.7. The van der Waals surface area contributed by atoms with Crippen LogP contribution in [0.25, 0.3) is 0 Å². The van der Waals surface area contributed by atoms with Gasteiger partial charge >= 0.3 is 0 Å². The second kappa shape index (κ2) is 4.62. The smallest absolute Gasteiger partial charge is 0.0576 e. The summed E-state index contributed by atoms with van der Waals surface area (Å²) in [5, 5.41) is 4.69. The minimum absolute atomic E-state index is 0.708. The van der Waals surface area contributed by atoms with E-state index in [2.05, 4.69) is 17.1 Å². The second-order valence-corrected chi connectivity index (χ2v) is 7.14. The third-order valence-corrected chi connectivity index (χ3v) is 5.81. The van der Waals surface area contributed by atoms with Crippen LogP contribution in [0.2, 0.25) is 0 Å². The van der Waals surface area contributed by atoms with Crippen LogP contribution in [0.5, 0.6) is 0 Å². The van der Waals surface area contributed by atoms with Crippen molar-refractivity contribution in [2.75, 3.05) is 6.54 Å². The normalized spacial score (nSPS) is 39.9. The van der Waals surface area contributed by atoms with Crippen molar-refractivity contribution < 1.29 is 0 Å². The van der Waals surface area contributed by atoms with Gasteiger partial charge in [-0.1, -0.05) is 0 Å². The standard InChI is InChI=1S/C16H25N3/c17-3-1-2-11-9-18-19(10-11)16-14-5-12-4-13(7-14)8-15(16)6-12/h9-10,12-16H,1-8,17H2. The first-order valence-corrected chi connectivity index (χ1v) is 8.06. The van der Waals surface area contributed by atoms with Gasteiger partial charge < -0.3 is 5.73 Å². The van der Waals surface area contributed by atoms with Crippen LogP contribution in [0.1, 0.15) is 50.1 Å². The number of rotatable bonds is 4. The van der Waals surface area contributed by atoms with E-state index in [9.17, 15) is 0 Å². The van der Waals surface area contributed by atoms with Crippen molar-refractivity contribution in [3.8, 4) is 0 Å². The molecule has 0 amide bonds. The maximum absolute atomic E-state index is 5.59. The van der Waals surface area contributed by atoms with Gasteiger partial charge in [0, 0.05) is 6.20 Å². The lowest BCUT2D eigenvalue weighted by molar-refractivity contribution is -0.0336. The maximum Gasteiger partial charge on any atom is 0.0576 e. The lowest BCUT2D eigenvalue weighted by Gasteiger charge is -2.54. The average molecular weight is 259 g/mol. The molecule has 4 aliphatic carbocycles. The molecule has 19 heavy (non-hydrogen) atoms. The van der Waals surface area contributed by atoms with Crippen LogP contribution in [0.4, 0.5) is 0 Å². The summed E-state index contributed by atoms with van der Waals surface area (Å²) in [6.45, 7) is 0.781. The van der Waals surface area contributed by atoms with Crippen molar-refractivity contribution in [3.05, 3.63) is 18.0 Å². The molecule has 3 nitrogen and oxygen atoms in total. The number of aromatic nitrogens is 2. The van der Waals surface area contributed by atoms with Crippen molar-refractivity contribution in [1.29, 1.82) is 0 Å². The molecule has 4 saturated carbocycles. The fourth-order valence-electron chi connectivity index (χ4n) is 5.30. The van der Waals surface area contributed by atoms with Gasteiger partial charge in [0.15, 0.2) is 0 Å². The minimum atomic E-state index is 0.708. The van der Waals surface area contributed by atoms with Crippen LogP contribution in [-0.4, -0.2) is 16.3 Å². The number of hydrogen-bond donors (Lipinski definition) is 1. The molecule has 3 heteroatoms. The lowest BCUT2D eigenvalue weighted by Crippen LogP contribution is -2.46. The zero-order valence-electron chi connectivity index (χ0n) is 11.7. The molecule has 1 aromatic rings. The first-order valence-electron chi connectivity index (χ1n) is 8.06. The Hall–Kier alpha value is -0.830. The molecule has 104 valence electrons. The molecule has 0 spiro atoms. The Kier molecular flexibility index (Phi) is 2.91. The van der Waals surface area contributed by atoms with Crippen LogP contribution < -0.4 is 5.73 Å². The van der Waals surface area contributed by atoms with E-state index in [1.54, 1.807) is 0 Å². The number of nitrogens with two attached hydrogens (primary N) is 1. The van der Waals surface area contributed by atoms with E-state index < -0.39 is 0 Å². The number of hydrogen-bond acceptors (Lipinski definition) is 2. The highest BCUT2D eigenvalue weighted by Crippen LogP contribution is 2.58. The van der Waals surface area contributed by atoms with Gasteiger partial charge in [0.05, 0.1) is 12.2 Å². The van der Waals surface area contributed by atoms with Crippen LogP contribution in [0.3, 0.4) is 0 Å². The molecule has 4 aliphatic rings. The molecule has 4 fully saturated rings. The van der Waals surface area contributed by atoms with Crippen molar-refractivity contribution in [2.24, 2.45) is 29.4 Å². The van der Waals surface area contributed by atoms with Crippen LogP contribution >= 0.6 is 0 Å². The molecule has 0 aliphatic heterocycles. The van der Waals surface area contributed by atoms with E-state index in [1.807, 2.05) is 0 Å². The van der Waals surface area contributed by atoms with Gasteiger partial charge in [-0.3, -0.25) is 4.68 Å². The Morgan fingerprint density at radius 2 is 1.79 bits per heavy atom. The van der Waals surface area contributed by atoms with Gasteiger partial charge in [-0.15, -0.1) is 0 Å². The topological polar surface area (TPSA) is 43.8 Å². The summed E-state index contributed by atoms with van der Waals surface area (Å²) >= 11 is 0. The first kappa shape index (κ1) is 12.0. The quantitative estimate of drug-likeness (QED) is 0.903. The van der Waals surface area contributed by atoms with Crippen molar-refractivity contribution in [2.45, 2.75) is 51.0 Å². The summed E-state index contributed by atoms with van der Waals surface area (Å²) in [5.74, 6) is 3.93. The summed E-state index contributed by atoms with van der Waals surface area (Å²) < 4.78 is 2.32. The van der Waals surface area contributed by atoms with Gasteiger partial charge in [0.1, 0.15) is 0 Å². The van der Waals surface area contributed by atoms with E-state index >= 15 is 0 Å². The van der Waals surface area contributed by atoms with Crippen LogP contribution in [0.15, 0.2) is 12.4 Å². The van der Waals surface area contributed by atoms with Crippen molar-refractivity contribution in [1.82, 2.24) is 9.78 Å². The molecular formula is C16H25N3. The largest absolute Gasteiger partial charge is 0.330 e. The van der Waals surface area contributed by atoms with Gasteiger partial charge in [0.25, 0.3) is 0 Å². The molecule has 0 aromatic carbocycles. The van der Waals surface area contributed by atoms with Crippen molar-refractivity contribution in [3.63, 3.8) is 0 Å². The Labute approximate surface area is 115 Å². The molecule has 5 rings (SSSR count). The summed E-state index contributed by atoms with van der Waals surface area (Å²) in [5.41, 5.74) is 6.97. The second-order valence-electron chi connectivity index (χ2n) is 7.14. The molecule has 0 unspecified atom stereocenters. The minimum Gasteiger partial charge on any atom is -0.330 e. The molecular weight excluding hydrogens is 234 g/mol. The predicted molar refractivity (Wildman–Crippen MR) is 75.7 cm³/mol. The lowest BCUT2D eigenvalue weighted by atomic mass is 9.54. The highest BCUT2D eigenvalue weighted by Gasteiger charge is 2.49. The molecule has 2 N–H and O–H groups in total. The monoisotopic (exact) mass is 259 g/mol. The van der Waals surface area contributed by atoms with Gasteiger partial charge in [-0.25, -0.2) is 0 Å². The fraction of sp³-hybridized carbons (Fsp3) is 0.812.